The van der Waals surface area contributed by atoms with Gasteiger partial charge >= 0.3 is 0 Å². The normalized spacial score (nSPS) is 18.0. The Balaban J connectivity index is 1.61. The maximum atomic E-state index is 12.2. The number of rotatable bonds is 4. The van der Waals surface area contributed by atoms with Gasteiger partial charge in [0.15, 0.2) is 0 Å². The first-order valence-corrected chi connectivity index (χ1v) is 7.42. The fourth-order valence-electron chi connectivity index (χ4n) is 2.98. The van der Waals surface area contributed by atoms with E-state index in [1.165, 1.54) is 11.1 Å². The Labute approximate surface area is 125 Å². The fraction of sp³-hybridized carbons (Fsp3) is 0.278. The zero-order chi connectivity index (χ0) is 14.7. The van der Waals surface area contributed by atoms with E-state index in [4.69, 9.17) is 5.73 Å². The number of amides is 1. The highest BCUT2D eigenvalue weighted by molar-refractivity contribution is 5.77. The number of fused-ring (bicyclic) bond motifs is 1. The van der Waals surface area contributed by atoms with Crippen molar-refractivity contribution in [1.29, 1.82) is 0 Å². The lowest BCUT2D eigenvalue weighted by Gasteiger charge is -2.17. The molecule has 0 saturated carbocycles. The minimum Gasteiger partial charge on any atom is -0.349 e. The molecule has 1 aliphatic rings. The quantitative estimate of drug-likeness (QED) is 0.904. The van der Waals surface area contributed by atoms with Crippen molar-refractivity contribution in [1.82, 2.24) is 5.32 Å². The zero-order valence-electron chi connectivity index (χ0n) is 12.0. The second-order valence-corrected chi connectivity index (χ2v) is 5.58. The second kappa shape index (κ2) is 6.10. The molecule has 0 aromatic heterocycles. The van der Waals surface area contributed by atoms with E-state index in [0.717, 1.165) is 18.4 Å². The lowest BCUT2D eigenvalue weighted by molar-refractivity contribution is -0.122. The van der Waals surface area contributed by atoms with Crippen LogP contribution in [-0.2, 0) is 11.2 Å². The van der Waals surface area contributed by atoms with Gasteiger partial charge in [-0.15, -0.1) is 0 Å². The van der Waals surface area contributed by atoms with Crippen molar-refractivity contribution >= 4 is 5.91 Å². The maximum absolute atomic E-state index is 12.2. The van der Waals surface area contributed by atoms with E-state index < -0.39 is 0 Å². The van der Waals surface area contributed by atoms with Crippen LogP contribution >= 0.6 is 0 Å². The summed E-state index contributed by atoms with van der Waals surface area (Å²) in [5.41, 5.74) is 9.70. The Bertz CT molecular complexity index is 624. The van der Waals surface area contributed by atoms with Crippen LogP contribution in [-0.4, -0.2) is 5.91 Å². The van der Waals surface area contributed by atoms with Crippen molar-refractivity contribution in [2.75, 3.05) is 0 Å². The highest BCUT2D eigenvalue weighted by Gasteiger charge is 2.24. The summed E-state index contributed by atoms with van der Waals surface area (Å²) in [6, 6.07) is 18.0. The Hall–Kier alpha value is -2.13. The standard InChI is InChI=1S/C18H20N2O/c19-16(14-7-2-1-3-8-14)12-18(21)20-17-11-10-13-6-4-5-9-15(13)17/h1-9,16-17H,10-12,19H2,(H,20,21). The van der Waals surface area contributed by atoms with Crippen LogP contribution in [0.3, 0.4) is 0 Å². The molecule has 0 saturated heterocycles. The SMILES string of the molecule is NC(CC(=O)NC1CCc2ccccc21)c1ccccc1. The number of benzene rings is 2. The summed E-state index contributed by atoms with van der Waals surface area (Å²) in [5.74, 6) is 0.0213. The molecule has 3 nitrogen and oxygen atoms in total. The Morgan fingerprint density at radius 3 is 2.67 bits per heavy atom. The van der Waals surface area contributed by atoms with Crippen LogP contribution in [0.1, 0.15) is 41.6 Å². The lowest BCUT2D eigenvalue weighted by atomic mass is 10.0. The number of hydrogen-bond donors (Lipinski definition) is 2. The van der Waals surface area contributed by atoms with Crippen molar-refractivity contribution in [3.05, 3.63) is 71.3 Å². The van der Waals surface area contributed by atoms with Crippen LogP contribution in [0.15, 0.2) is 54.6 Å². The molecular formula is C18H20N2O. The highest BCUT2D eigenvalue weighted by atomic mass is 16.1. The van der Waals surface area contributed by atoms with Gasteiger partial charge in [0.25, 0.3) is 0 Å². The van der Waals surface area contributed by atoms with Gasteiger partial charge in [-0.25, -0.2) is 0 Å². The average Bonchev–Trinajstić information content (AvgIpc) is 2.91. The molecule has 2 unspecified atom stereocenters. The molecule has 0 heterocycles. The number of hydrogen-bond acceptors (Lipinski definition) is 2. The van der Waals surface area contributed by atoms with Gasteiger partial charge in [-0.3, -0.25) is 4.79 Å². The second-order valence-electron chi connectivity index (χ2n) is 5.58. The summed E-state index contributed by atoms with van der Waals surface area (Å²) in [4.78, 5) is 12.2. The molecule has 21 heavy (non-hydrogen) atoms. The average molecular weight is 280 g/mol. The van der Waals surface area contributed by atoms with Crippen molar-refractivity contribution in [2.24, 2.45) is 5.73 Å². The first-order valence-electron chi connectivity index (χ1n) is 7.42. The molecule has 0 bridgehead atoms. The van der Waals surface area contributed by atoms with E-state index in [0.29, 0.717) is 6.42 Å². The smallest absolute Gasteiger partial charge is 0.222 e. The molecule has 3 heteroatoms. The largest absolute Gasteiger partial charge is 0.349 e. The van der Waals surface area contributed by atoms with Crippen LogP contribution in [0, 0.1) is 0 Å². The highest BCUT2D eigenvalue weighted by Crippen LogP contribution is 2.30. The minimum absolute atomic E-state index is 0.0213. The lowest BCUT2D eigenvalue weighted by Crippen LogP contribution is -2.30. The predicted octanol–water partition coefficient (Wildman–Crippen LogP) is 2.88. The van der Waals surface area contributed by atoms with Gasteiger partial charge in [-0.05, 0) is 29.5 Å². The monoisotopic (exact) mass is 280 g/mol. The van der Waals surface area contributed by atoms with E-state index in [1.807, 2.05) is 42.5 Å². The molecule has 1 aliphatic carbocycles. The molecule has 0 fully saturated rings. The van der Waals surface area contributed by atoms with E-state index in [2.05, 4.69) is 17.4 Å². The molecule has 0 spiro atoms. The first kappa shape index (κ1) is 13.8. The Morgan fingerprint density at radius 2 is 1.86 bits per heavy atom. The zero-order valence-corrected chi connectivity index (χ0v) is 12.0. The van der Waals surface area contributed by atoms with Gasteiger partial charge in [0.1, 0.15) is 0 Å². The van der Waals surface area contributed by atoms with E-state index in [1.54, 1.807) is 0 Å². The van der Waals surface area contributed by atoms with Gasteiger partial charge in [-0.2, -0.15) is 0 Å². The number of nitrogens with two attached hydrogens (primary N) is 1. The maximum Gasteiger partial charge on any atom is 0.222 e. The molecule has 3 N–H and O–H groups in total. The van der Waals surface area contributed by atoms with Crippen LogP contribution in [0.4, 0.5) is 0 Å². The van der Waals surface area contributed by atoms with Crippen molar-refractivity contribution in [3.63, 3.8) is 0 Å². The van der Waals surface area contributed by atoms with Crippen LogP contribution in [0.2, 0.25) is 0 Å². The molecule has 2 aromatic rings. The molecule has 0 aliphatic heterocycles. The third-order valence-corrected chi connectivity index (χ3v) is 4.10. The predicted molar refractivity (Wildman–Crippen MR) is 83.6 cm³/mol. The van der Waals surface area contributed by atoms with Crippen LogP contribution < -0.4 is 11.1 Å². The summed E-state index contributed by atoms with van der Waals surface area (Å²) >= 11 is 0. The number of aryl methyl sites for hydroxylation is 1. The summed E-state index contributed by atoms with van der Waals surface area (Å²) in [7, 11) is 0. The third-order valence-electron chi connectivity index (χ3n) is 4.10. The molecule has 2 aromatic carbocycles. The summed E-state index contributed by atoms with van der Waals surface area (Å²) in [6.07, 6.45) is 2.33. The van der Waals surface area contributed by atoms with Crippen molar-refractivity contribution < 1.29 is 4.79 Å². The molecule has 108 valence electrons. The van der Waals surface area contributed by atoms with Crippen LogP contribution in [0.25, 0.3) is 0 Å². The number of carbonyl (C=O) groups excluding carboxylic acids is 1. The van der Waals surface area contributed by atoms with Gasteiger partial charge in [0.05, 0.1) is 6.04 Å². The van der Waals surface area contributed by atoms with Gasteiger partial charge in [0, 0.05) is 12.5 Å². The van der Waals surface area contributed by atoms with E-state index in [9.17, 15) is 4.79 Å². The van der Waals surface area contributed by atoms with Crippen molar-refractivity contribution in [3.8, 4) is 0 Å². The number of nitrogens with one attached hydrogen (secondary N) is 1. The summed E-state index contributed by atoms with van der Waals surface area (Å²) in [5, 5.41) is 3.12. The molecule has 2 atom stereocenters. The van der Waals surface area contributed by atoms with Gasteiger partial charge < -0.3 is 11.1 Å². The minimum atomic E-state index is -0.247. The molecule has 1 amide bonds. The molecular weight excluding hydrogens is 260 g/mol. The van der Waals surface area contributed by atoms with E-state index >= 15 is 0 Å². The first-order chi connectivity index (χ1) is 10.2. The van der Waals surface area contributed by atoms with Gasteiger partial charge in [-0.1, -0.05) is 54.6 Å². The van der Waals surface area contributed by atoms with Crippen LogP contribution in [0.5, 0.6) is 0 Å². The van der Waals surface area contributed by atoms with Gasteiger partial charge in [0.2, 0.25) is 5.91 Å². The summed E-state index contributed by atoms with van der Waals surface area (Å²) in [6.45, 7) is 0. The Kier molecular flexibility index (Phi) is 4.02. The molecule has 0 radical (unpaired) electrons. The van der Waals surface area contributed by atoms with E-state index in [-0.39, 0.29) is 18.0 Å². The fourth-order valence-corrected chi connectivity index (χ4v) is 2.98. The molecule has 3 rings (SSSR count). The third kappa shape index (κ3) is 3.14. The number of carbonyl (C=O) groups is 1. The van der Waals surface area contributed by atoms with Crippen molar-refractivity contribution in [2.45, 2.75) is 31.3 Å². The topological polar surface area (TPSA) is 55.1 Å². The summed E-state index contributed by atoms with van der Waals surface area (Å²) < 4.78 is 0. The Morgan fingerprint density at radius 1 is 1.14 bits per heavy atom.